The van der Waals surface area contributed by atoms with Crippen molar-refractivity contribution in [3.8, 4) is 34.0 Å². The first kappa shape index (κ1) is 24.8. The van der Waals surface area contributed by atoms with Gasteiger partial charge in [-0.1, -0.05) is 66.7 Å². The average Bonchev–Trinajstić information content (AvgIpc) is 3.71. The van der Waals surface area contributed by atoms with Gasteiger partial charge in [0.15, 0.2) is 11.2 Å². The molecule has 8 rings (SSSR count). The van der Waals surface area contributed by atoms with Crippen molar-refractivity contribution >= 4 is 39.3 Å². The predicted octanol–water partition coefficient (Wildman–Crippen LogP) is 10.4. The predicted molar refractivity (Wildman–Crippen MR) is 173 cm³/mol. The summed E-state index contributed by atoms with van der Waals surface area (Å²) in [6.45, 7) is 0. The Morgan fingerprint density at radius 1 is 0.349 bits per heavy atom. The fraction of sp³-hybridized carbons (Fsp3) is 0. The minimum atomic E-state index is 0.606. The Hall–Kier alpha value is -5.94. The highest BCUT2D eigenvalue weighted by atomic mass is 16.4. The number of oxazole rings is 2. The van der Waals surface area contributed by atoms with Crippen molar-refractivity contribution in [2.75, 3.05) is 4.90 Å². The van der Waals surface area contributed by atoms with Crippen molar-refractivity contribution in [3.05, 3.63) is 152 Å². The lowest BCUT2D eigenvalue weighted by molar-refractivity contribution is 0.619. The maximum Gasteiger partial charge on any atom is 0.227 e. The molecule has 0 aliphatic carbocycles. The van der Waals surface area contributed by atoms with Crippen LogP contribution in [0.25, 0.3) is 56.2 Å². The molecule has 43 heavy (non-hydrogen) atoms. The van der Waals surface area contributed by atoms with Crippen LogP contribution in [-0.4, -0.2) is 9.97 Å². The van der Waals surface area contributed by atoms with Gasteiger partial charge in [0, 0.05) is 28.2 Å². The summed E-state index contributed by atoms with van der Waals surface area (Å²) in [6, 6.07) is 51.3. The second kappa shape index (κ2) is 10.5. The van der Waals surface area contributed by atoms with E-state index in [1.165, 1.54) is 11.1 Å². The average molecular weight is 556 g/mol. The highest BCUT2D eigenvalue weighted by Gasteiger charge is 2.16. The highest BCUT2D eigenvalue weighted by molar-refractivity contribution is 5.82. The zero-order valence-electron chi connectivity index (χ0n) is 23.1. The molecule has 2 heterocycles. The van der Waals surface area contributed by atoms with Gasteiger partial charge in [0.25, 0.3) is 0 Å². The third kappa shape index (κ3) is 4.73. The van der Waals surface area contributed by atoms with Crippen LogP contribution in [0.4, 0.5) is 17.1 Å². The summed E-state index contributed by atoms with van der Waals surface area (Å²) in [5, 5.41) is 0. The quantitative estimate of drug-likeness (QED) is 0.204. The van der Waals surface area contributed by atoms with E-state index < -0.39 is 0 Å². The third-order valence-electron chi connectivity index (χ3n) is 7.57. The van der Waals surface area contributed by atoms with Crippen LogP contribution in [0.5, 0.6) is 0 Å². The Morgan fingerprint density at radius 3 is 1.16 bits per heavy atom. The topological polar surface area (TPSA) is 55.3 Å². The molecule has 0 aliphatic heterocycles. The zero-order valence-corrected chi connectivity index (χ0v) is 23.1. The summed E-state index contributed by atoms with van der Waals surface area (Å²) < 4.78 is 12.0. The summed E-state index contributed by atoms with van der Waals surface area (Å²) >= 11 is 0. The summed E-state index contributed by atoms with van der Waals surface area (Å²) in [7, 11) is 0. The van der Waals surface area contributed by atoms with Gasteiger partial charge >= 0.3 is 0 Å². The first-order valence-corrected chi connectivity index (χ1v) is 14.2. The number of aromatic nitrogens is 2. The molecule has 6 aromatic carbocycles. The smallest absolute Gasteiger partial charge is 0.227 e. The normalized spacial score (nSPS) is 11.3. The molecule has 0 saturated carbocycles. The van der Waals surface area contributed by atoms with E-state index in [2.05, 4.69) is 112 Å². The second-order valence-electron chi connectivity index (χ2n) is 10.3. The van der Waals surface area contributed by atoms with Crippen molar-refractivity contribution in [1.29, 1.82) is 0 Å². The van der Waals surface area contributed by atoms with E-state index in [0.29, 0.717) is 11.8 Å². The Balaban J connectivity index is 1.17. The monoisotopic (exact) mass is 555 g/mol. The Kier molecular flexibility index (Phi) is 6.05. The molecule has 0 saturated heterocycles. The molecule has 0 bridgehead atoms. The molecule has 0 amide bonds. The Labute approximate surface area is 248 Å². The highest BCUT2D eigenvalue weighted by Crippen LogP contribution is 2.38. The van der Waals surface area contributed by atoms with Crippen LogP contribution in [-0.2, 0) is 0 Å². The lowest BCUT2D eigenvalue weighted by Crippen LogP contribution is -2.09. The molecule has 0 spiro atoms. The van der Waals surface area contributed by atoms with E-state index >= 15 is 0 Å². The molecule has 0 aliphatic rings. The fourth-order valence-electron chi connectivity index (χ4n) is 5.38. The van der Waals surface area contributed by atoms with Crippen LogP contribution in [0.2, 0.25) is 0 Å². The van der Waals surface area contributed by atoms with Crippen molar-refractivity contribution in [1.82, 2.24) is 9.97 Å². The number of nitrogens with zero attached hydrogens (tertiary/aromatic N) is 3. The van der Waals surface area contributed by atoms with Gasteiger partial charge in [-0.2, -0.15) is 0 Å². The van der Waals surface area contributed by atoms with Gasteiger partial charge in [-0.25, -0.2) is 9.97 Å². The molecule has 0 unspecified atom stereocenters. The molecule has 204 valence electrons. The van der Waals surface area contributed by atoms with Crippen LogP contribution in [0.1, 0.15) is 0 Å². The zero-order chi connectivity index (χ0) is 28.6. The molecule has 0 fully saturated rings. The fourth-order valence-corrected chi connectivity index (χ4v) is 5.38. The van der Waals surface area contributed by atoms with Crippen LogP contribution < -0.4 is 4.90 Å². The second-order valence-corrected chi connectivity index (χ2v) is 10.3. The summed E-state index contributed by atoms with van der Waals surface area (Å²) in [6.07, 6.45) is 0. The standard InChI is InChI=1S/C38H25N3O2/c1-2-8-26(9-3-1)27-14-20-30(21-15-27)41(31-22-16-28(17-23-31)37-39-33-10-4-6-12-35(33)42-37)32-24-18-29(19-25-32)38-40-34-11-5-7-13-36(34)43-38/h1-25H. The molecule has 5 heteroatoms. The number of anilines is 3. The van der Waals surface area contributed by atoms with Gasteiger partial charge < -0.3 is 13.7 Å². The van der Waals surface area contributed by atoms with Gasteiger partial charge in [0.05, 0.1) is 0 Å². The lowest BCUT2D eigenvalue weighted by Gasteiger charge is -2.26. The molecule has 0 radical (unpaired) electrons. The van der Waals surface area contributed by atoms with Crippen LogP contribution in [0.15, 0.2) is 160 Å². The van der Waals surface area contributed by atoms with Crippen molar-refractivity contribution in [3.63, 3.8) is 0 Å². The van der Waals surface area contributed by atoms with E-state index in [9.17, 15) is 0 Å². The van der Waals surface area contributed by atoms with Gasteiger partial charge in [0.1, 0.15) is 11.0 Å². The molecule has 5 nitrogen and oxygen atoms in total. The first-order chi connectivity index (χ1) is 21.3. The largest absolute Gasteiger partial charge is 0.436 e. The number of fused-ring (bicyclic) bond motifs is 2. The van der Waals surface area contributed by atoms with E-state index in [4.69, 9.17) is 8.83 Å². The van der Waals surface area contributed by atoms with Gasteiger partial charge in [-0.3, -0.25) is 0 Å². The molecule has 0 N–H and O–H groups in total. The number of para-hydroxylation sites is 4. The van der Waals surface area contributed by atoms with Crippen molar-refractivity contribution < 1.29 is 8.83 Å². The van der Waals surface area contributed by atoms with Crippen molar-refractivity contribution in [2.24, 2.45) is 0 Å². The van der Waals surface area contributed by atoms with Crippen LogP contribution >= 0.6 is 0 Å². The first-order valence-electron chi connectivity index (χ1n) is 14.2. The van der Waals surface area contributed by atoms with Crippen LogP contribution in [0, 0.1) is 0 Å². The maximum atomic E-state index is 6.02. The molecule has 8 aromatic rings. The SMILES string of the molecule is c1ccc(-c2ccc(N(c3ccc(-c4nc5ccccc5o4)cc3)c3ccc(-c4nc5ccccc5o4)cc3)cc2)cc1. The minimum Gasteiger partial charge on any atom is -0.436 e. The Bertz CT molecular complexity index is 1980. The number of rotatable bonds is 6. The van der Waals surface area contributed by atoms with E-state index in [1.54, 1.807) is 0 Å². The summed E-state index contributed by atoms with van der Waals surface area (Å²) in [5.41, 5.74) is 10.5. The van der Waals surface area contributed by atoms with E-state index in [-0.39, 0.29) is 0 Å². The molecular formula is C38H25N3O2. The minimum absolute atomic E-state index is 0.606. The van der Waals surface area contributed by atoms with Crippen molar-refractivity contribution in [2.45, 2.75) is 0 Å². The lowest BCUT2D eigenvalue weighted by atomic mass is 10.0. The Morgan fingerprint density at radius 2 is 0.721 bits per heavy atom. The van der Waals surface area contributed by atoms with Crippen LogP contribution in [0.3, 0.4) is 0 Å². The molecular weight excluding hydrogens is 530 g/mol. The summed E-state index contributed by atoms with van der Waals surface area (Å²) in [5.74, 6) is 1.21. The summed E-state index contributed by atoms with van der Waals surface area (Å²) in [4.78, 5) is 11.6. The maximum absolute atomic E-state index is 6.02. The van der Waals surface area contributed by atoms with Gasteiger partial charge in [-0.05, 0) is 96.1 Å². The van der Waals surface area contributed by atoms with E-state index in [0.717, 1.165) is 50.4 Å². The molecule has 0 atom stereocenters. The number of hydrogen-bond donors (Lipinski definition) is 0. The number of hydrogen-bond acceptors (Lipinski definition) is 5. The molecule has 2 aromatic heterocycles. The van der Waals surface area contributed by atoms with Gasteiger partial charge in [-0.15, -0.1) is 0 Å². The van der Waals surface area contributed by atoms with Gasteiger partial charge in [0.2, 0.25) is 11.8 Å². The third-order valence-corrected chi connectivity index (χ3v) is 7.57. The van der Waals surface area contributed by atoms with E-state index in [1.807, 2.05) is 54.6 Å². The number of benzene rings is 6.